The molecule has 0 radical (unpaired) electrons. The van der Waals surface area contributed by atoms with Crippen molar-refractivity contribution < 1.29 is 0 Å². The van der Waals surface area contributed by atoms with Gasteiger partial charge in [-0.3, -0.25) is 9.69 Å². The van der Waals surface area contributed by atoms with Crippen molar-refractivity contribution in [1.29, 1.82) is 0 Å². The number of nitrogens with one attached hydrogen (secondary N) is 1. The maximum atomic E-state index is 12.2. The number of aromatic nitrogens is 2. The Bertz CT molecular complexity index is 724. The zero-order valence-corrected chi connectivity index (χ0v) is 14.6. The molecule has 0 spiro atoms. The van der Waals surface area contributed by atoms with E-state index in [1.54, 1.807) is 0 Å². The Morgan fingerprint density at radius 1 is 1.26 bits per heavy atom. The molecule has 0 fully saturated rings. The molecular weight excluding hydrogens is 306 g/mol. The van der Waals surface area contributed by atoms with Gasteiger partial charge in [0.25, 0.3) is 5.56 Å². The molecule has 0 saturated carbocycles. The van der Waals surface area contributed by atoms with Crippen molar-refractivity contribution >= 4 is 11.8 Å². The molecule has 3 rings (SSSR count). The van der Waals surface area contributed by atoms with Gasteiger partial charge >= 0.3 is 0 Å². The molecule has 0 amide bonds. The van der Waals surface area contributed by atoms with Gasteiger partial charge in [-0.1, -0.05) is 49.4 Å². The highest BCUT2D eigenvalue weighted by molar-refractivity contribution is 7.98. The fourth-order valence-electron chi connectivity index (χ4n) is 3.05. The number of H-pyrrole nitrogens is 1. The first-order chi connectivity index (χ1) is 11.2. The van der Waals surface area contributed by atoms with E-state index in [0.717, 1.165) is 37.2 Å². The fraction of sp³-hybridized carbons (Fsp3) is 0.444. The molecule has 2 heterocycles. The molecule has 0 bridgehead atoms. The number of nitrogens with zero attached hydrogens (tertiary/aromatic N) is 2. The van der Waals surface area contributed by atoms with Crippen molar-refractivity contribution in [1.82, 2.24) is 14.9 Å². The molecule has 122 valence electrons. The van der Waals surface area contributed by atoms with Crippen LogP contribution >= 0.6 is 11.8 Å². The average Bonchev–Trinajstić information content (AvgIpc) is 2.57. The lowest BCUT2D eigenvalue weighted by molar-refractivity contribution is 0.241. The molecule has 2 aromatic rings. The van der Waals surface area contributed by atoms with Crippen LogP contribution in [0.25, 0.3) is 0 Å². The van der Waals surface area contributed by atoms with Crippen molar-refractivity contribution in [3.8, 4) is 0 Å². The maximum absolute atomic E-state index is 12.2. The highest BCUT2D eigenvalue weighted by Crippen LogP contribution is 2.18. The highest BCUT2D eigenvalue weighted by atomic mass is 32.2. The van der Waals surface area contributed by atoms with Gasteiger partial charge in [-0.2, -0.15) is 0 Å². The molecule has 1 aliphatic heterocycles. The van der Waals surface area contributed by atoms with Gasteiger partial charge in [0.1, 0.15) is 0 Å². The zero-order chi connectivity index (χ0) is 16.2. The number of aryl methyl sites for hydroxylation is 1. The average molecular weight is 329 g/mol. The van der Waals surface area contributed by atoms with Crippen molar-refractivity contribution in [2.45, 2.75) is 44.4 Å². The van der Waals surface area contributed by atoms with Crippen LogP contribution < -0.4 is 5.56 Å². The molecule has 1 aromatic heterocycles. The van der Waals surface area contributed by atoms with E-state index >= 15 is 0 Å². The van der Waals surface area contributed by atoms with Crippen molar-refractivity contribution in [3.63, 3.8) is 0 Å². The lowest BCUT2D eigenvalue weighted by Crippen LogP contribution is -2.35. The standard InChI is InChI=1S/C18H23N3OS/c1-3-4-13-5-7-14(8-6-13)11-21-10-9-16-15(12-21)17(22)20-18(19-16)23-2/h5-8H,3-4,9-12H2,1-2H3,(H,19,20,22). The molecule has 0 aliphatic carbocycles. The number of hydrogen-bond donors (Lipinski definition) is 1. The summed E-state index contributed by atoms with van der Waals surface area (Å²) in [4.78, 5) is 22.0. The smallest absolute Gasteiger partial charge is 0.256 e. The number of benzene rings is 1. The Labute approximate surface area is 141 Å². The third-order valence-corrected chi connectivity index (χ3v) is 4.87. The van der Waals surface area contributed by atoms with Gasteiger partial charge in [0, 0.05) is 26.1 Å². The van der Waals surface area contributed by atoms with Crippen LogP contribution in [0, 0.1) is 0 Å². The minimum absolute atomic E-state index is 0.0161. The van der Waals surface area contributed by atoms with Crippen LogP contribution in [0.2, 0.25) is 0 Å². The summed E-state index contributed by atoms with van der Waals surface area (Å²) in [6.45, 7) is 4.72. The van der Waals surface area contributed by atoms with Gasteiger partial charge in [0.05, 0.1) is 11.3 Å². The molecule has 1 aromatic carbocycles. The van der Waals surface area contributed by atoms with E-state index in [4.69, 9.17) is 0 Å². The third-order valence-electron chi connectivity index (χ3n) is 4.29. The zero-order valence-electron chi connectivity index (χ0n) is 13.8. The normalized spacial score (nSPS) is 14.7. The summed E-state index contributed by atoms with van der Waals surface area (Å²) in [5.41, 5.74) is 4.51. The largest absolute Gasteiger partial charge is 0.301 e. The SMILES string of the molecule is CCCc1ccc(CN2CCc3nc(SC)[nH]c(=O)c3C2)cc1. The Morgan fingerprint density at radius 3 is 2.70 bits per heavy atom. The molecule has 0 atom stereocenters. The van der Waals surface area contributed by atoms with Crippen LogP contribution in [0.4, 0.5) is 0 Å². The summed E-state index contributed by atoms with van der Waals surface area (Å²) in [6.07, 6.45) is 5.09. The van der Waals surface area contributed by atoms with E-state index in [0.29, 0.717) is 11.7 Å². The van der Waals surface area contributed by atoms with Crippen LogP contribution in [0.3, 0.4) is 0 Å². The molecule has 0 saturated heterocycles. The predicted molar refractivity (Wildman–Crippen MR) is 94.9 cm³/mol. The van der Waals surface area contributed by atoms with E-state index in [-0.39, 0.29) is 5.56 Å². The monoisotopic (exact) mass is 329 g/mol. The summed E-state index contributed by atoms with van der Waals surface area (Å²) < 4.78 is 0. The topological polar surface area (TPSA) is 49.0 Å². The first-order valence-electron chi connectivity index (χ1n) is 8.16. The quantitative estimate of drug-likeness (QED) is 0.677. The summed E-state index contributed by atoms with van der Waals surface area (Å²) in [5, 5.41) is 0.716. The summed E-state index contributed by atoms with van der Waals surface area (Å²) >= 11 is 1.48. The van der Waals surface area contributed by atoms with Crippen molar-refractivity contribution in [2.24, 2.45) is 0 Å². The second-order valence-electron chi connectivity index (χ2n) is 6.03. The molecule has 1 N–H and O–H groups in total. The molecule has 1 aliphatic rings. The third kappa shape index (κ3) is 3.85. The Morgan fingerprint density at radius 2 is 2.00 bits per heavy atom. The minimum Gasteiger partial charge on any atom is -0.301 e. The second-order valence-corrected chi connectivity index (χ2v) is 6.82. The van der Waals surface area contributed by atoms with Crippen LogP contribution in [0.15, 0.2) is 34.2 Å². The predicted octanol–water partition coefficient (Wildman–Crippen LogP) is 3.00. The second kappa shape index (κ2) is 7.32. The van der Waals surface area contributed by atoms with Crippen LogP contribution in [-0.4, -0.2) is 27.7 Å². The van der Waals surface area contributed by atoms with Gasteiger partial charge in [-0.15, -0.1) is 0 Å². The number of aromatic amines is 1. The van der Waals surface area contributed by atoms with Gasteiger partial charge in [-0.05, 0) is 23.8 Å². The van der Waals surface area contributed by atoms with Crippen LogP contribution in [-0.2, 0) is 25.9 Å². The maximum Gasteiger partial charge on any atom is 0.256 e. The number of rotatable bonds is 5. The molecule has 0 unspecified atom stereocenters. The number of fused-ring (bicyclic) bond motifs is 1. The van der Waals surface area contributed by atoms with Gasteiger partial charge in [0.2, 0.25) is 0 Å². The first kappa shape index (κ1) is 16.3. The van der Waals surface area contributed by atoms with Crippen molar-refractivity contribution in [3.05, 3.63) is 57.0 Å². The van der Waals surface area contributed by atoms with E-state index in [2.05, 4.69) is 46.1 Å². The van der Waals surface area contributed by atoms with Crippen molar-refractivity contribution in [2.75, 3.05) is 12.8 Å². The van der Waals surface area contributed by atoms with E-state index < -0.39 is 0 Å². The van der Waals surface area contributed by atoms with Crippen LogP contribution in [0.5, 0.6) is 0 Å². The highest BCUT2D eigenvalue weighted by Gasteiger charge is 2.21. The Kier molecular flexibility index (Phi) is 5.18. The Balaban J connectivity index is 1.71. The van der Waals surface area contributed by atoms with E-state index in [9.17, 15) is 4.79 Å². The van der Waals surface area contributed by atoms with E-state index in [1.165, 1.54) is 29.3 Å². The summed E-state index contributed by atoms with van der Waals surface area (Å²) in [7, 11) is 0. The molecular formula is C18H23N3OS. The van der Waals surface area contributed by atoms with Gasteiger partial charge in [0.15, 0.2) is 5.16 Å². The lowest BCUT2D eigenvalue weighted by Gasteiger charge is -2.27. The summed E-state index contributed by atoms with van der Waals surface area (Å²) in [5.74, 6) is 0. The minimum atomic E-state index is 0.0161. The first-order valence-corrected chi connectivity index (χ1v) is 9.38. The molecule has 4 nitrogen and oxygen atoms in total. The number of hydrogen-bond acceptors (Lipinski definition) is 4. The molecule has 5 heteroatoms. The van der Waals surface area contributed by atoms with Gasteiger partial charge in [-0.25, -0.2) is 4.98 Å². The number of thioether (sulfide) groups is 1. The lowest BCUT2D eigenvalue weighted by atomic mass is 10.0. The fourth-order valence-corrected chi connectivity index (χ4v) is 3.44. The van der Waals surface area contributed by atoms with Gasteiger partial charge < -0.3 is 4.98 Å². The van der Waals surface area contributed by atoms with E-state index in [1.807, 2.05) is 6.26 Å². The van der Waals surface area contributed by atoms with Crippen LogP contribution in [0.1, 0.15) is 35.7 Å². The Hall–Kier alpha value is -1.59. The summed E-state index contributed by atoms with van der Waals surface area (Å²) in [6, 6.07) is 8.85. The molecule has 23 heavy (non-hydrogen) atoms.